The number of allylic oxidation sites excluding steroid dienone is 9. The largest absolute Gasteiger partial charge is 0.313 e. The maximum atomic E-state index is 5.44. The number of benzene rings is 3. The van der Waals surface area contributed by atoms with Crippen molar-refractivity contribution in [1.82, 2.24) is 14.5 Å². The van der Waals surface area contributed by atoms with E-state index in [1.54, 1.807) is 5.57 Å². The van der Waals surface area contributed by atoms with Crippen LogP contribution in [-0.2, 0) is 17.3 Å². The second-order valence-corrected chi connectivity index (χ2v) is 17.2. The van der Waals surface area contributed by atoms with Gasteiger partial charge in [-0.15, -0.1) is 0 Å². The Morgan fingerprint density at radius 3 is 2.49 bits per heavy atom. The van der Waals surface area contributed by atoms with Gasteiger partial charge in [-0.25, -0.2) is 9.97 Å². The van der Waals surface area contributed by atoms with Crippen LogP contribution in [0, 0.1) is 5.92 Å². The van der Waals surface area contributed by atoms with Crippen molar-refractivity contribution < 1.29 is 0 Å². The first kappa shape index (κ1) is 31.3. The lowest BCUT2D eigenvalue weighted by Gasteiger charge is -2.29. The SMILES string of the molecule is CC1(C)C2=Cc3c(n(C4=CCC(c5nc(-c6ccc7c(c6)C(C)(C)C6C=CC=CC76)c6c(n5)=CCCC=6)C=C4)c4ccccc34)CC2c2ccccc21. The van der Waals surface area contributed by atoms with Gasteiger partial charge in [0.25, 0.3) is 0 Å². The fourth-order valence-electron chi connectivity index (χ4n) is 10.9. The number of hydrogen-bond donors (Lipinski definition) is 0. The van der Waals surface area contributed by atoms with Crippen LogP contribution in [0.2, 0.25) is 0 Å². The maximum Gasteiger partial charge on any atom is 0.136 e. The molecule has 0 fully saturated rings. The van der Waals surface area contributed by atoms with Crippen LogP contribution in [0.15, 0.2) is 115 Å². The lowest BCUT2D eigenvalue weighted by Crippen LogP contribution is -2.35. The van der Waals surface area contributed by atoms with Crippen molar-refractivity contribution in [3.63, 3.8) is 0 Å². The predicted octanol–water partition coefficient (Wildman–Crippen LogP) is 10.2. The molecule has 11 rings (SSSR count). The van der Waals surface area contributed by atoms with Gasteiger partial charge in [0.2, 0.25) is 0 Å². The van der Waals surface area contributed by atoms with E-state index in [0.29, 0.717) is 17.8 Å². The van der Waals surface area contributed by atoms with E-state index in [1.165, 1.54) is 60.9 Å². The number of para-hydroxylation sites is 1. The Labute approximate surface area is 312 Å². The number of hydrogen-bond acceptors (Lipinski definition) is 2. The lowest BCUT2D eigenvalue weighted by molar-refractivity contribution is 0.394. The molecule has 4 unspecified atom stereocenters. The average Bonchev–Trinajstić information content (AvgIpc) is 3.73. The molecule has 0 spiro atoms. The first-order valence-electron chi connectivity index (χ1n) is 19.7. The molecule has 0 N–H and O–H groups in total. The minimum absolute atomic E-state index is 0.0331. The summed E-state index contributed by atoms with van der Waals surface area (Å²) in [5.74, 6) is 2.39. The summed E-state index contributed by atoms with van der Waals surface area (Å²) < 4.78 is 2.55. The molecule has 3 heteroatoms. The normalized spacial score (nSPS) is 24.9. The third-order valence-electron chi connectivity index (χ3n) is 13.7. The van der Waals surface area contributed by atoms with Crippen LogP contribution in [-0.4, -0.2) is 14.5 Å². The van der Waals surface area contributed by atoms with Gasteiger partial charge in [-0.3, -0.25) is 0 Å². The molecule has 0 radical (unpaired) electrons. The fourth-order valence-corrected chi connectivity index (χ4v) is 10.9. The molecular formula is C50H45N3. The highest BCUT2D eigenvalue weighted by atomic mass is 15.0. The van der Waals surface area contributed by atoms with Crippen LogP contribution >= 0.6 is 0 Å². The summed E-state index contributed by atoms with van der Waals surface area (Å²) in [4.78, 5) is 10.7. The summed E-state index contributed by atoms with van der Waals surface area (Å²) >= 11 is 0. The summed E-state index contributed by atoms with van der Waals surface area (Å²) in [5.41, 5.74) is 15.2. The Morgan fingerprint density at radius 1 is 0.774 bits per heavy atom. The molecule has 53 heavy (non-hydrogen) atoms. The van der Waals surface area contributed by atoms with Crippen molar-refractivity contribution in [3.05, 3.63) is 165 Å². The Bertz CT molecular complexity index is 2700. The average molecular weight is 688 g/mol. The van der Waals surface area contributed by atoms with Gasteiger partial charge < -0.3 is 4.57 Å². The summed E-state index contributed by atoms with van der Waals surface area (Å²) in [5, 5.41) is 3.62. The van der Waals surface area contributed by atoms with E-state index in [4.69, 9.17) is 9.97 Å². The van der Waals surface area contributed by atoms with Crippen molar-refractivity contribution in [2.75, 3.05) is 0 Å². The smallest absolute Gasteiger partial charge is 0.136 e. The van der Waals surface area contributed by atoms with Gasteiger partial charge in [-0.05, 0) is 77.5 Å². The van der Waals surface area contributed by atoms with E-state index in [9.17, 15) is 0 Å². The fraction of sp³-hybridized carbons (Fsp3) is 0.280. The minimum atomic E-state index is 0.0331. The van der Waals surface area contributed by atoms with Gasteiger partial charge >= 0.3 is 0 Å². The van der Waals surface area contributed by atoms with E-state index >= 15 is 0 Å². The van der Waals surface area contributed by atoms with Gasteiger partial charge in [0.1, 0.15) is 5.82 Å². The van der Waals surface area contributed by atoms with E-state index in [1.807, 2.05) is 0 Å². The second-order valence-electron chi connectivity index (χ2n) is 17.2. The third-order valence-corrected chi connectivity index (χ3v) is 13.7. The molecule has 260 valence electrons. The molecule has 0 amide bonds. The molecule has 5 aromatic rings. The zero-order chi connectivity index (χ0) is 35.6. The van der Waals surface area contributed by atoms with Crippen molar-refractivity contribution >= 4 is 34.8 Å². The molecule has 0 bridgehead atoms. The standard InChI is InChI=1S/C50H45N3/c1-49(2)40-17-9-5-13-33(40)35-26-23-31(27-42(35)49)47-37-16-7-11-19-44(37)51-48(52-47)30-21-24-32(25-22-30)53-45-20-12-8-15-36(45)39-28-43-38(29-46(39)53)34-14-6-10-18-41(34)50(43,3)4/h5-6,8-10,12-21,23-28,30,33,38,40H,7,11,22,29H2,1-4H3. The zero-order valence-corrected chi connectivity index (χ0v) is 31.1. The van der Waals surface area contributed by atoms with Gasteiger partial charge in [-0.1, -0.05) is 143 Å². The Kier molecular flexibility index (Phi) is 6.56. The summed E-state index contributed by atoms with van der Waals surface area (Å²) in [6.07, 6.45) is 27.5. The van der Waals surface area contributed by atoms with Gasteiger partial charge in [-0.2, -0.15) is 0 Å². The molecule has 6 aliphatic carbocycles. The first-order valence-corrected chi connectivity index (χ1v) is 19.7. The van der Waals surface area contributed by atoms with Crippen molar-refractivity contribution in [3.8, 4) is 11.3 Å². The van der Waals surface area contributed by atoms with Crippen molar-refractivity contribution in [2.24, 2.45) is 5.92 Å². The van der Waals surface area contributed by atoms with Crippen LogP contribution < -0.4 is 10.6 Å². The topological polar surface area (TPSA) is 30.7 Å². The maximum absolute atomic E-state index is 5.44. The number of aromatic nitrogens is 3. The predicted molar refractivity (Wildman–Crippen MR) is 219 cm³/mol. The molecule has 3 aromatic carbocycles. The summed E-state index contributed by atoms with van der Waals surface area (Å²) in [6, 6.07) is 25.2. The quantitative estimate of drug-likeness (QED) is 0.189. The Balaban J connectivity index is 0.975. The van der Waals surface area contributed by atoms with E-state index in [0.717, 1.165) is 42.6 Å². The Hall–Kier alpha value is -5.28. The molecule has 4 atom stereocenters. The highest BCUT2D eigenvalue weighted by molar-refractivity contribution is 5.96. The van der Waals surface area contributed by atoms with Gasteiger partial charge in [0.05, 0.1) is 16.6 Å². The highest BCUT2D eigenvalue weighted by Crippen LogP contribution is 2.56. The van der Waals surface area contributed by atoms with Crippen LogP contribution in [0.25, 0.3) is 46.1 Å². The van der Waals surface area contributed by atoms with Crippen molar-refractivity contribution in [2.45, 2.75) is 82.0 Å². The molecule has 0 saturated heterocycles. The second kappa shape index (κ2) is 11.1. The molecule has 3 nitrogen and oxygen atoms in total. The van der Waals surface area contributed by atoms with E-state index < -0.39 is 0 Å². The van der Waals surface area contributed by atoms with E-state index in [-0.39, 0.29) is 16.7 Å². The van der Waals surface area contributed by atoms with Crippen LogP contribution in [0.4, 0.5) is 0 Å². The molecular weight excluding hydrogens is 643 g/mol. The monoisotopic (exact) mass is 687 g/mol. The molecule has 0 aliphatic heterocycles. The number of nitrogens with zero attached hydrogens (tertiary/aromatic N) is 3. The molecule has 6 aliphatic rings. The lowest BCUT2D eigenvalue weighted by atomic mass is 9.74. The van der Waals surface area contributed by atoms with E-state index in [2.05, 4.69) is 160 Å². The van der Waals surface area contributed by atoms with Gasteiger partial charge in [0.15, 0.2) is 0 Å². The summed E-state index contributed by atoms with van der Waals surface area (Å²) in [6.45, 7) is 9.64. The number of rotatable bonds is 3. The van der Waals surface area contributed by atoms with Crippen molar-refractivity contribution in [1.29, 1.82) is 0 Å². The summed E-state index contributed by atoms with van der Waals surface area (Å²) in [7, 11) is 0. The molecule has 2 aromatic heterocycles. The highest BCUT2D eigenvalue weighted by Gasteiger charge is 2.45. The minimum Gasteiger partial charge on any atom is -0.313 e. The number of fused-ring (bicyclic) bond motifs is 10. The van der Waals surface area contributed by atoms with Crippen LogP contribution in [0.1, 0.15) is 104 Å². The zero-order valence-electron chi connectivity index (χ0n) is 31.1. The molecule has 0 saturated carbocycles. The Morgan fingerprint density at radius 2 is 1.60 bits per heavy atom. The first-order chi connectivity index (χ1) is 25.8. The molecule has 2 heterocycles. The van der Waals surface area contributed by atoms with Crippen LogP contribution in [0.5, 0.6) is 0 Å². The van der Waals surface area contributed by atoms with Crippen LogP contribution in [0.3, 0.4) is 0 Å². The third kappa shape index (κ3) is 4.40. The van der Waals surface area contributed by atoms with Gasteiger partial charge in [0, 0.05) is 56.3 Å².